The third kappa shape index (κ3) is 1.72. The molecule has 0 atom stereocenters. The maximum Gasteiger partial charge on any atom is 0.302 e. The van der Waals surface area contributed by atoms with Gasteiger partial charge in [0.15, 0.2) is 11.5 Å². The monoisotopic (exact) mass is 234 g/mol. The fraction of sp³-hybridized carbons (Fsp3) is 0.444. The van der Waals surface area contributed by atoms with Gasteiger partial charge in [0.05, 0.1) is 13.2 Å². The van der Waals surface area contributed by atoms with E-state index in [1.54, 1.807) is 0 Å². The number of morpholine rings is 1. The lowest BCUT2D eigenvalue weighted by Crippen LogP contribution is -2.39. The minimum Gasteiger partial charge on any atom is -0.378 e. The lowest BCUT2D eigenvalue weighted by Gasteiger charge is -2.26. The normalized spacial score (nSPS) is 23.8. The molecular formula is C9H10N6O2. The number of carbonyl (C=O) groups excluding carboxylic acids is 1. The van der Waals surface area contributed by atoms with Crippen LogP contribution in [0.3, 0.4) is 0 Å². The Hall–Kier alpha value is -2.09. The number of nitrogens with zero attached hydrogens (tertiary/aromatic N) is 5. The molecule has 8 heteroatoms. The van der Waals surface area contributed by atoms with Crippen LogP contribution < -0.4 is 5.73 Å². The van der Waals surface area contributed by atoms with Crippen LogP contribution in [0.2, 0.25) is 0 Å². The van der Waals surface area contributed by atoms with Crippen LogP contribution in [0.25, 0.3) is 0 Å². The highest BCUT2D eigenvalue weighted by atomic mass is 16.5. The maximum atomic E-state index is 11.5. The van der Waals surface area contributed by atoms with Crippen molar-refractivity contribution < 1.29 is 9.53 Å². The van der Waals surface area contributed by atoms with Crippen molar-refractivity contribution in [1.82, 2.24) is 4.90 Å². The highest BCUT2D eigenvalue weighted by molar-refractivity contribution is 6.71. The summed E-state index contributed by atoms with van der Waals surface area (Å²) >= 11 is 0. The first-order chi connectivity index (χ1) is 8.24. The molecule has 17 heavy (non-hydrogen) atoms. The number of amidine groups is 1. The van der Waals surface area contributed by atoms with Gasteiger partial charge in [0.1, 0.15) is 0 Å². The van der Waals surface area contributed by atoms with E-state index in [1.807, 2.05) is 4.90 Å². The molecule has 1 amide bonds. The first-order valence-corrected chi connectivity index (χ1v) is 5.22. The zero-order valence-electron chi connectivity index (χ0n) is 8.96. The number of guanidine groups is 2. The highest BCUT2D eigenvalue weighted by Crippen LogP contribution is 2.10. The Morgan fingerprint density at radius 2 is 1.88 bits per heavy atom. The Balaban J connectivity index is 1.89. The summed E-state index contributed by atoms with van der Waals surface area (Å²) in [5.74, 6) is 0.180. The summed E-state index contributed by atoms with van der Waals surface area (Å²) in [7, 11) is 0. The second-order valence-corrected chi connectivity index (χ2v) is 3.68. The fourth-order valence-corrected chi connectivity index (χ4v) is 1.74. The summed E-state index contributed by atoms with van der Waals surface area (Å²) in [6.45, 7) is 2.66. The molecule has 0 unspecified atom stereocenters. The molecule has 3 heterocycles. The molecule has 3 aliphatic heterocycles. The molecule has 0 aliphatic carbocycles. The number of ether oxygens (including phenoxy) is 1. The number of fused-ring (bicyclic) bond motifs is 1. The van der Waals surface area contributed by atoms with Crippen LogP contribution in [0.5, 0.6) is 0 Å². The number of carbonyl (C=O) groups is 1. The van der Waals surface area contributed by atoms with E-state index in [2.05, 4.69) is 20.0 Å². The molecule has 0 bridgehead atoms. The third-order valence-corrected chi connectivity index (χ3v) is 2.56. The first-order valence-electron chi connectivity index (χ1n) is 5.22. The van der Waals surface area contributed by atoms with Gasteiger partial charge in [-0.3, -0.25) is 4.79 Å². The van der Waals surface area contributed by atoms with Crippen molar-refractivity contribution in [2.75, 3.05) is 26.3 Å². The van der Waals surface area contributed by atoms with Crippen molar-refractivity contribution in [3.63, 3.8) is 0 Å². The number of nitrogens with two attached hydrogens (primary N) is 1. The Morgan fingerprint density at radius 3 is 2.65 bits per heavy atom. The van der Waals surface area contributed by atoms with Gasteiger partial charge < -0.3 is 15.4 Å². The van der Waals surface area contributed by atoms with Crippen LogP contribution in [-0.2, 0) is 9.53 Å². The SMILES string of the molecule is NC1=NC(=O)C2=NC(N3CCOCC3)=NC2=N1. The highest BCUT2D eigenvalue weighted by Gasteiger charge is 2.30. The molecular weight excluding hydrogens is 224 g/mol. The van der Waals surface area contributed by atoms with Gasteiger partial charge in [-0.2, -0.15) is 15.0 Å². The number of aliphatic imine (C=N–C) groups is 4. The van der Waals surface area contributed by atoms with Gasteiger partial charge in [-0.1, -0.05) is 0 Å². The van der Waals surface area contributed by atoms with E-state index in [-0.39, 0.29) is 17.5 Å². The standard InChI is InChI=1S/C9H10N6O2/c10-8-12-6-5(7(16)14-8)11-9(13-6)15-1-3-17-4-2-15/h1-4H2,(H2,10,14,16). The van der Waals surface area contributed by atoms with Gasteiger partial charge in [-0.25, -0.2) is 4.99 Å². The second-order valence-electron chi connectivity index (χ2n) is 3.68. The Morgan fingerprint density at radius 1 is 1.12 bits per heavy atom. The van der Waals surface area contributed by atoms with Crippen molar-refractivity contribution >= 4 is 29.4 Å². The maximum absolute atomic E-state index is 11.5. The molecule has 1 fully saturated rings. The number of rotatable bonds is 0. The van der Waals surface area contributed by atoms with Gasteiger partial charge in [-0.15, -0.1) is 0 Å². The third-order valence-electron chi connectivity index (χ3n) is 2.56. The van der Waals surface area contributed by atoms with E-state index in [4.69, 9.17) is 10.5 Å². The van der Waals surface area contributed by atoms with Gasteiger partial charge in [0, 0.05) is 13.1 Å². The summed E-state index contributed by atoms with van der Waals surface area (Å²) in [5.41, 5.74) is 5.56. The summed E-state index contributed by atoms with van der Waals surface area (Å²) in [6, 6.07) is 0. The predicted molar refractivity (Wildman–Crippen MR) is 61.3 cm³/mol. The van der Waals surface area contributed by atoms with E-state index in [0.29, 0.717) is 32.3 Å². The van der Waals surface area contributed by atoms with Crippen LogP contribution in [0.4, 0.5) is 0 Å². The predicted octanol–water partition coefficient (Wildman–Crippen LogP) is -1.62. The van der Waals surface area contributed by atoms with Crippen LogP contribution in [0.15, 0.2) is 20.0 Å². The first kappa shape index (κ1) is 10.1. The molecule has 2 N–H and O–H groups in total. The van der Waals surface area contributed by atoms with E-state index in [9.17, 15) is 4.79 Å². The van der Waals surface area contributed by atoms with Crippen molar-refractivity contribution in [2.45, 2.75) is 0 Å². The Bertz CT molecular complexity index is 498. The summed E-state index contributed by atoms with van der Waals surface area (Å²) < 4.78 is 5.23. The summed E-state index contributed by atoms with van der Waals surface area (Å²) in [4.78, 5) is 29.2. The van der Waals surface area contributed by atoms with Crippen LogP contribution >= 0.6 is 0 Å². The zero-order valence-corrected chi connectivity index (χ0v) is 8.96. The van der Waals surface area contributed by atoms with Crippen molar-refractivity contribution in [1.29, 1.82) is 0 Å². The topological polar surface area (TPSA) is 105 Å². The number of hydrogen-bond donors (Lipinski definition) is 1. The lowest BCUT2D eigenvalue weighted by atomic mass is 10.3. The second kappa shape index (κ2) is 3.74. The molecule has 3 aliphatic rings. The minimum atomic E-state index is -0.487. The number of amides is 1. The largest absolute Gasteiger partial charge is 0.378 e. The van der Waals surface area contributed by atoms with Crippen LogP contribution in [-0.4, -0.2) is 60.6 Å². The van der Waals surface area contributed by atoms with E-state index >= 15 is 0 Å². The molecule has 1 saturated heterocycles. The molecule has 88 valence electrons. The van der Waals surface area contributed by atoms with Crippen LogP contribution in [0, 0.1) is 0 Å². The number of hydrogen-bond acceptors (Lipinski definition) is 7. The van der Waals surface area contributed by atoms with Gasteiger partial charge in [0.25, 0.3) is 0 Å². The molecule has 3 rings (SSSR count). The Kier molecular flexibility index (Phi) is 2.22. The summed E-state index contributed by atoms with van der Waals surface area (Å²) in [5, 5.41) is 0. The molecule has 0 aromatic carbocycles. The lowest BCUT2D eigenvalue weighted by molar-refractivity contribution is -0.111. The van der Waals surface area contributed by atoms with Gasteiger partial charge in [0.2, 0.25) is 11.9 Å². The van der Waals surface area contributed by atoms with Crippen molar-refractivity contribution in [2.24, 2.45) is 25.7 Å². The zero-order chi connectivity index (χ0) is 11.8. The molecule has 8 nitrogen and oxygen atoms in total. The molecule has 0 radical (unpaired) electrons. The van der Waals surface area contributed by atoms with E-state index in [0.717, 1.165) is 0 Å². The Labute approximate surface area is 96.6 Å². The van der Waals surface area contributed by atoms with E-state index in [1.165, 1.54) is 0 Å². The average Bonchev–Trinajstić information content (AvgIpc) is 2.74. The van der Waals surface area contributed by atoms with Gasteiger partial charge in [-0.05, 0) is 0 Å². The smallest absolute Gasteiger partial charge is 0.302 e. The average molecular weight is 234 g/mol. The fourth-order valence-electron chi connectivity index (χ4n) is 1.74. The molecule has 0 saturated carbocycles. The van der Waals surface area contributed by atoms with Crippen molar-refractivity contribution in [3.05, 3.63) is 0 Å². The van der Waals surface area contributed by atoms with E-state index < -0.39 is 5.91 Å². The van der Waals surface area contributed by atoms with Crippen molar-refractivity contribution in [3.8, 4) is 0 Å². The molecule has 0 aromatic rings. The minimum absolute atomic E-state index is 0.0732. The summed E-state index contributed by atoms with van der Waals surface area (Å²) in [6.07, 6.45) is 0. The van der Waals surface area contributed by atoms with Crippen LogP contribution in [0.1, 0.15) is 0 Å². The quantitative estimate of drug-likeness (QED) is 0.544. The molecule has 0 aromatic heterocycles. The van der Waals surface area contributed by atoms with Gasteiger partial charge >= 0.3 is 5.91 Å². The molecule has 0 spiro atoms.